The highest BCUT2D eigenvalue weighted by atomic mass is 16.4. The minimum Gasteiger partial charge on any atom is -0.477 e. The molecule has 90 valence electrons. The summed E-state index contributed by atoms with van der Waals surface area (Å²) in [6, 6.07) is 6.93. The van der Waals surface area contributed by atoms with E-state index in [0.29, 0.717) is 5.56 Å². The third-order valence-corrected chi connectivity index (χ3v) is 2.25. The molecule has 0 aliphatic carbocycles. The number of carboxylic acids is 1. The number of aryl methyl sites for hydroxylation is 1. The fourth-order valence-electron chi connectivity index (χ4n) is 1.44. The molecule has 0 aliphatic rings. The lowest BCUT2D eigenvalue weighted by molar-refractivity contribution is -0.132. The quantitative estimate of drug-likeness (QED) is 0.372. The van der Waals surface area contributed by atoms with Gasteiger partial charge in [-0.05, 0) is 12.5 Å². The highest BCUT2D eigenvalue weighted by Gasteiger charge is 2.20. The molecule has 0 radical (unpaired) electrons. The number of hydrogen-bond acceptors (Lipinski definition) is 3. The van der Waals surface area contributed by atoms with Gasteiger partial charge in [0.1, 0.15) is 5.57 Å². The lowest BCUT2D eigenvalue weighted by Gasteiger charge is -2.09. The predicted octanol–water partition coefficient (Wildman–Crippen LogP) is 1.71. The lowest BCUT2D eigenvalue weighted by atomic mass is 10.00. The molecular formula is C13H15NO3. The molecule has 0 saturated heterocycles. The summed E-state index contributed by atoms with van der Waals surface area (Å²) < 4.78 is 0. The first kappa shape index (κ1) is 13.0. The average Bonchev–Trinajstić information content (AvgIpc) is 2.25. The van der Waals surface area contributed by atoms with Gasteiger partial charge in [0, 0.05) is 25.9 Å². The number of nitrogens with zero attached hydrogens (tertiary/aromatic N) is 1. The number of carbonyl (C=O) groups is 2. The van der Waals surface area contributed by atoms with E-state index in [1.807, 2.05) is 6.07 Å². The molecule has 0 atom stereocenters. The molecule has 0 aromatic heterocycles. The summed E-state index contributed by atoms with van der Waals surface area (Å²) >= 11 is 0. The molecule has 0 aliphatic heterocycles. The molecular weight excluding hydrogens is 218 g/mol. The molecule has 0 spiro atoms. The van der Waals surface area contributed by atoms with E-state index in [9.17, 15) is 9.59 Å². The smallest absolute Gasteiger partial charge is 0.341 e. The van der Waals surface area contributed by atoms with Gasteiger partial charge in [-0.3, -0.25) is 4.79 Å². The zero-order valence-corrected chi connectivity index (χ0v) is 10.1. The Hall–Kier alpha value is -2.10. The van der Waals surface area contributed by atoms with E-state index in [2.05, 4.69) is 0 Å². The van der Waals surface area contributed by atoms with Crippen molar-refractivity contribution in [3.63, 3.8) is 0 Å². The molecule has 0 amide bonds. The Morgan fingerprint density at radius 2 is 1.82 bits per heavy atom. The second kappa shape index (κ2) is 5.30. The summed E-state index contributed by atoms with van der Waals surface area (Å²) in [5, 5.41) is 9.03. The van der Waals surface area contributed by atoms with Gasteiger partial charge >= 0.3 is 5.97 Å². The minimum absolute atomic E-state index is 0.232. The summed E-state index contributed by atoms with van der Waals surface area (Å²) in [5.41, 5.74) is 0.954. The Balaban J connectivity index is 3.19. The monoisotopic (exact) mass is 233 g/mol. The third kappa shape index (κ3) is 3.17. The van der Waals surface area contributed by atoms with Gasteiger partial charge in [-0.1, -0.05) is 24.3 Å². The standard InChI is InChI=1S/C13H15NO3/c1-9-6-4-5-7-10(9)12(15)11(13(16)17)8-14(2)3/h4-8H,1-3H3,(H,16,17)/b11-8-. The van der Waals surface area contributed by atoms with Crippen LogP contribution >= 0.6 is 0 Å². The highest BCUT2D eigenvalue weighted by molar-refractivity contribution is 6.24. The van der Waals surface area contributed by atoms with Gasteiger partial charge in [-0.2, -0.15) is 0 Å². The first-order valence-corrected chi connectivity index (χ1v) is 5.15. The van der Waals surface area contributed by atoms with Crippen LogP contribution in [0.1, 0.15) is 15.9 Å². The fraction of sp³-hybridized carbons (Fsp3) is 0.231. The predicted molar refractivity (Wildman–Crippen MR) is 64.9 cm³/mol. The van der Waals surface area contributed by atoms with E-state index in [1.165, 1.54) is 6.20 Å². The molecule has 0 fully saturated rings. The Labute approximate surface area is 100 Å². The van der Waals surface area contributed by atoms with Crippen LogP contribution in [-0.2, 0) is 4.79 Å². The zero-order valence-electron chi connectivity index (χ0n) is 10.1. The number of Topliss-reactive ketones (excluding diaryl/α,β-unsaturated/α-hetero) is 1. The summed E-state index contributed by atoms with van der Waals surface area (Å²) in [4.78, 5) is 24.7. The molecule has 1 N–H and O–H groups in total. The Morgan fingerprint density at radius 3 is 2.29 bits per heavy atom. The lowest BCUT2D eigenvalue weighted by Crippen LogP contribution is -2.17. The number of ketones is 1. The highest BCUT2D eigenvalue weighted by Crippen LogP contribution is 2.13. The van der Waals surface area contributed by atoms with E-state index in [1.54, 1.807) is 44.1 Å². The van der Waals surface area contributed by atoms with Crippen molar-refractivity contribution in [1.29, 1.82) is 0 Å². The summed E-state index contributed by atoms with van der Waals surface area (Å²) in [6.07, 6.45) is 1.32. The summed E-state index contributed by atoms with van der Waals surface area (Å²) in [5.74, 6) is -1.68. The third-order valence-electron chi connectivity index (χ3n) is 2.25. The molecule has 4 nitrogen and oxygen atoms in total. The van der Waals surface area contributed by atoms with Crippen LogP contribution in [0.5, 0.6) is 0 Å². The molecule has 0 heterocycles. The first-order valence-electron chi connectivity index (χ1n) is 5.15. The van der Waals surface area contributed by atoms with Crippen molar-refractivity contribution in [3.05, 3.63) is 47.2 Å². The molecule has 1 rings (SSSR count). The van der Waals surface area contributed by atoms with Gasteiger partial charge in [0.2, 0.25) is 5.78 Å². The fourth-order valence-corrected chi connectivity index (χ4v) is 1.44. The van der Waals surface area contributed by atoms with Crippen LogP contribution in [0.4, 0.5) is 0 Å². The molecule has 4 heteroatoms. The van der Waals surface area contributed by atoms with E-state index in [4.69, 9.17) is 5.11 Å². The maximum atomic E-state index is 12.1. The molecule has 0 saturated carbocycles. The van der Waals surface area contributed by atoms with Gasteiger partial charge in [0.25, 0.3) is 0 Å². The van der Waals surface area contributed by atoms with Crippen LogP contribution in [0.25, 0.3) is 0 Å². The van der Waals surface area contributed by atoms with E-state index >= 15 is 0 Å². The topological polar surface area (TPSA) is 57.6 Å². The van der Waals surface area contributed by atoms with Crippen LogP contribution in [-0.4, -0.2) is 35.9 Å². The maximum absolute atomic E-state index is 12.1. The minimum atomic E-state index is -1.22. The van der Waals surface area contributed by atoms with Crippen molar-refractivity contribution in [2.24, 2.45) is 0 Å². The zero-order chi connectivity index (χ0) is 13.0. The van der Waals surface area contributed by atoms with Gasteiger partial charge in [-0.15, -0.1) is 0 Å². The Bertz CT molecular complexity index is 475. The number of rotatable bonds is 4. The van der Waals surface area contributed by atoms with Crippen LogP contribution in [0, 0.1) is 6.92 Å². The van der Waals surface area contributed by atoms with Gasteiger partial charge < -0.3 is 10.0 Å². The van der Waals surface area contributed by atoms with Crippen molar-refractivity contribution in [2.75, 3.05) is 14.1 Å². The van der Waals surface area contributed by atoms with Crippen LogP contribution in [0.15, 0.2) is 36.0 Å². The summed E-state index contributed by atoms with van der Waals surface area (Å²) in [6.45, 7) is 1.78. The first-order chi connectivity index (χ1) is 7.93. The average molecular weight is 233 g/mol. The second-order valence-electron chi connectivity index (χ2n) is 3.96. The maximum Gasteiger partial charge on any atom is 0.341 e. The van der Waals surface area contributed by atoms with E-state index in [-0.39, 0.29) is 5.57 Å². The largest absolute Gasteiger partial charge is 0.477 e. The van der Waals surface area contributed by atoms with Crippen LogP contribution in [0.3, 0.4) is 0 Å². The van der Waals surface area contributed by atoms with Crippen LogP contribution < -0.4 is 0 Å². The van der Waals surface area contributed by atoms with Crippen LogP contribution in [0.2, 0.25) is 0 Å². The Morgan fingerprint density at radius 1 is 1.24 bits per heavy atom. The van der Waals surface area contributed by atoms with Gasteiger partial charge in [0.15, 0.2) is 0 Å². The van der Waals surface area contributed by atoms with Crippen molar-refractivity contribution in [1.82, 2.24) is 4.90 Å². The van der Waals surface area contributed by atoms with Gasteiger partial charge in [0.05, 0.1) is 0 Å². The molecule has 17 heavy (non-hydrogen) atoms. The van der Waals surface area contributed by atoms with E-state index < -0.39 is 11.8 Å². The SMILES string of the molecule is Cc1ccccc1C(=O)/C(=C/N(C)C)C(=O)O. The number of aliphatic carboxylic acids is 1. The number of benzene rings is 1. The molecule has 1 aromatic rings. The molecule has 0 bridgehead atoms. The van der Waals surface area contributed by atoms with Gasteiger partial charge in [-0.25, -0.2) is 4.79 Å². The Kier molecular flexibility index (Phi) is 4.04. The number of carboxylic acid groups (broad SMARTS) is 1. The van der Waals surface area contributed by atoms with Crippen molar-refractivity contribution < 1.29 is 14.7 Å². The van der Waals surface area contributed by atoms with Crippen molar-refractivity contribution in [2.45, 2.75) is 6.92 Å². The number of hydrogen-bond donors (Lipinski definition) is 1. The van der Waals surface area contributed by atoms with Crippen molar-refractivity contribution in [3.8, 4) is 0 Å². The normalized spacial score (nSPS) is 11.1. The second-order valence-corrected chi connectivity index (χ2v) is 3.96. The summed E-state index contributed by atoms with van der Waals surface area (Å²) in [7, 11) is 3.35. The van der Waals surface area contributed by atoms with Crippen molar-refractivity contribution >= 4 is 11.8 Å². The van der Waals surface area contributed by atoms with E-state index in [0.717, 1.165) is 5.56 Å². The molecule has 1 aromatic carbocycles. The number of carbonyl (C=O) groups excluding carboxylic acids is 1. The molecule has 0 unspecified atom stereocenters.